The SMILES string of the molecule is CC(C)CNC(=O)C(=Cc1ccc(N(C)C)cc1)NC(=O)c1ccccc1. The Hall–Kier alpha value is -3.08. The first-order valence-corrected chi connectivity index (χ1v) is 9.00. The third kappa shape index (κ3) is 6.29. The Balaban J connectivity index is 2.25. The van der Waals surface area contributed by atoms with E-state index in [0.29, 0.717) is 18.0 Å². The van der Waals surface area contributed by atoms with E-state index in [2.05, 4.69) is 10.6 Å². The van der Waals surface area contributed by atoms with Crippen molar-refractivity contribution >= 4 is 23.6 Å². The summed E-state index contributed by atoms with van der Waals surface area (Å²) in [5.41, 5.74) is 2.63. The van der Waals surface area contributed by atoms with Crippen LogP contribution in [0.25, 0.3) is 6.08 Å². The molecule has 2 amide bonds. The first kappa shape index (κ1) is 20.2. The molecule has 2 rings (SSSR count). The summed E-state index contributed by atoms with van der Waals surface area (Å²) < 4.78 is 0. The maximum absolute atomic E-state index is 12.6. The number of carbonyl (C=O) groups excluding carboxylic acids is 2. The highest BCUT2D eigenvalue weighted by atomic mass is 16.2. The van der Waals surface area contributed by atoms with Crippen LogP contribution in [-0.4, -0.2) is 32.5 Å². The molecular formula is C22H27N3O2. The molecule has 142 valence electrons. The summed E-state index contributed by atoms with van der Waals surface area (Å²) in [4.78, 5) is 27.1. The van der Waals surface area contributed by atoms with E-state index in [-0.39, 0.29) is 17.5 Å². The first-order chi connectivity index (χ1) is 12.9. The molecule has 5 heteroatoms. The Bertz CT molecular complexity index is 794. The smallest absolute Gasteiger partial charge is 0.267 e. The van der Waals surface area contributed by atoms with Gasteiger partial charge in [-0.2, -0.15) is 0 Å². The fourth-order valence-corrected chi connectivity index (χ4v) is 2.37. The normalized spacial score (nSPS) is 11.2. The van der Waals surface area contributed by atoms with Crippen molar-refractivity contribution < 1.29 is 9.59 Å². The summed E-state index contributed by atoms with van der Waals surface area (Å²) in [5.74, 6) is -0.296. The monoisotopic (exact) mass is 365 g/mol. The number of hydrogen-bond acceptors (Lipinski definition) is 3. The van der Waals surface area contributed by atoms with Crippen molar-refractivity contribution in [3.8, 4) is 0 Å². The van der Waals surface area contributed by atoms with Crippen LogP contribution in [0.1, 0.15) is 29.8 Å². The average molecular weight is 365 g/mol. The van der Waals surface area contributed by atoms with Gasteiger partial charge in [0.1, 0.15) is 5.70 Å². The molecule has 0 atom stereocenters. The summed E-state index contributed by atoms with van der Waals surface area (Å²) >= 11 is 0. The van der Waals surface area contributed by atoms with Crippen LogP contribution in [0.2, 0.25) is 0 Å². The maximum Gasteiger partial charge on any atom is 0.267 e. The van der Waals surface area contributed by atoms with Crippen molar-refractivity contribution in [3.05, 3.63) is 71.4 Å². The van der Waals surface area contributed by atoms with Crippen molar-refractivity contribution in [3.63, 3.8) is 0 Å². The molecule has 2 aromatic carbocycles. The molecule has 0 saturated heterocycles. The average Bonchev–Trinajstić information content (AvgIpc) is 2.66. The molecule has 2 aromatic rings. The third-order valence-electron chi connectivity index (χ3n) is 3.92. The predicted octanol–water partition coefficient (Wildman–Crippen LogP) is 3.30. The molecule has 0 aliphatic carbocycles. The van der Waals surface area contributed by atoms with E-state index in [1.54, 1.807) is 30.3 Å². The molecule has 0 radical (unpaired) electrons. The lowest BCUT2D eigenvalue weighted by atomic mass is 10.1. The predicted molar refractivity (Wildman–Crippen MR) is 111 cm³/mol. The zero-order valence-electron chi connectivity index (χ0n) is 16.3. The van der Waals surface area contributed by atoms with E-state index >= 15 is 0 Å². The van der Waals surface area contributed by atoms with Crippen LogP contribution in [0.15, 0.2) is 60.3 Å². The number of carbonyl (C=O) groups is 2. The first-order valence-electron chi connectivity index (χ1n) is 9.00. The lowest BCUT2D eigenvalue weighted by Gasteiger charge is -2.14. The van der Waals surface area contributed by atoms with E-state index in [1.165, 1.54) is 0 Å². The van der Waals surface area contributed by atoms with Gasteiger partial charge in [-0.15, -0.1) is 0 Å². The Morgan fingerprint density at radius 1 is 1.00 bits per heavy atom. The van der Waals surface area contributed by atoms with Crippen molar-refractivity contribution in [1.29, 1.82) is 0 Å². The molecule has 0 aliphatic rings. The third-order valence-corrected chi connectivity index (χ3v) is 3.92. The van der Waals surface area contributed by atoms with Crippen LogP contribution in [0, 0.1) is 5.92 Å². The van der Waals surface area contributed by atoms with Crippen LogP contribution in [0.5, 0.6) is 0 Å². The van der Waals surface area contributed by atoms with Crippen LogP contribution >= 0.6 is 0 Å². The topological polar surface area (TPSA) is 61.4 Å². The molecule has 0 saturated carbocycles. The molecule has 0 heterocycles. The Morgan fingerprint density at radius 2 is 1.63 bits per heavy atom. The minimum Gasteiger partial charge on any atom is -0.378 e. The number of anilines is 1. The van der Waals surface area contributed by atoms with Gasteiger partial charge in [0.25, 0.3) is 11.8 Å². The van der Waals surface area contributed by atoms with E-state index in [4.69, 9.17) is 0 Å². The van der Waals surface area contributed by atoms with E-state index < -0.39 is 0 Å². The van der Waals surface area contributed by atoms with E-state index in [9.17, 15) is 9.59 Å². The number of rotatable bonds is 7. The zero-order valence-corrected chi connectivity index (χ0v) is 16.3. The largest absolute Gasteiger partial charge is 0.378 e. The van der Waals surface area contributed by atoms with Crippen LogP contribution in [0.3, 0.4) is 0 Å². The molecule has 0 unspecified atom stereocenters. The summed E-state index contributed by atoms with van der Waals surface area (Å²) in [6.07, 6.45) is 1.69. The van der Waals surface area contributed by atoms with Crippen molar-refractivity contribution in [1.82, 2.24) is 10.6 Å². The second-order valence-corrected chi connectivity index (χ2v) is 6.97. The van der Waals surface area contributed by atoms with Gasteiger partial charge in [0.15, 0.2) is 0 Å². The molecule has 0 aliphatic heterocycles. The minimum absolute atomic E-state index is 0.224. The molecular weight excluding hydrogens is 338 g/mol. The van der Waals surface area contributed by atoms with Gasteiger partial charge in [-0.25, -0.2) is 0 Å². The molecule has 0 spiro atoms. The van der Waals surface area contributed by atoms with Gasteiger partial charge in [0.2, 0.25) is 0 Å². The Morgan fingerprint density at radius 3 is 2.19 bits per heavy atom. The molecule has 2 N–H and O–H groups in total. The fourth-order valence-electron chi connectivity index (χ4n) is 2.37. The van der Waals surface area contributed by atoms with Gasteiger partial charge in [0.05, 0.1) is 0 Å². The number of amides is 2. The van der Waals surface area contributed by atoms with Gasteiger partial charge in [0, 0.05) is 31.9 Å². The number of hydrogen-bond donors (Lipinski definition) is 2. The molecule has 27 heavy (non-hydrogen) atoms. The van der Waals surface area contributed by atoms with Gasteiger partial charge < -0.3 is 15.5 Å². The standard InChI is InChI=1S/C22H27N3O2/c1-16(2)15-23-22(27)20(24-21(26)18-8-6-5-7-9-18)14-17-10-12-19(13-11-17)25(3)4/h5-14,16H,15H2,1-4H3,(H,23,27)(H,24,26). The second-order valence-electron chi connectivity index (χ2n) is 6.97. The highest BCUT2D eigenvalue weighted by molar-refractivity contribution is 6.05. The van der Waals surface area contributed by atoms with Gasteiger partial charge in [-0.3, -0.25) is 9.59 Å². The van der Waals surface area contributed by atoms with Crippen LogP contribution < -0.4 is 15.5 Å². The second kappa shape index (κ2) is 9.57. The number of benzene rings is 2. The van der Waals surface area contributed by atoms with Crippen LogP contribution in [0.4, 0.5) is 5.69 Å². The summed E-state index contributed by atoms with van der Waals surface area (Å²) in [6.45, 7) is 4.58. The maximum atomic E-state index is 12.6. The van der Waals surface area contributed by atoms with Gasteiger partial charge in [-0.05, 0) is 41.8 Å². The van der Waals surface area contributed by atoms with Crippen molar-refractivity contribution in [2.24, 2.45) is 5.92 Å². The molecule has 0 fully saturated rings. The Kier molecular flexibility index (Phi) is 7.17. The van der Waals surface area contributed by atoms with Crippen LogP contribution in [-0.2, 0) is 4.79 Å². The zero-order chi connectivity index (χ0) is 19.8. The fraction of sp³-hybridized carbons (Fsp3) is 0.273. The summed E-state index contributed by atoms with van der Waals surface area (Å²) in [5, 5.41) is 5.60. The highest BCUT2D eigenvalue weighted by Crippen LogP contribution is 2.14. The molecule has 0 bridgehead atoms. The van der Waals surface area contributed by atoms with Crippen molar-refractivity contribution in [2.75, 3.05) is 25.5 Å². The van der Waals surface area contributed by atoms with Gasteiger partial charge >= 0.3 is 0 Å². The number of nitrogens with zero attached hydrogens (tertiary/aromatic N) is 1. The lowest BCUT2D eigenvalue weighted by molar-refractivity contribution is -0.117. The Labute approximate surface area is 161 Å². The summed E-state index contributed by atoms with van der Waals surface area (Å²) in [6, 6.07) is 16.6. The summed E-state index contributed by atoms with van der Waals surface area (Å²) in [7, 11) is 3.94. The number of nitrogens with one attached hydrogen (secondary N) is 2. The van der Waals surface area contributed by atoms with E-state index in [1.807, 2.05) is 63.2 Å². The highest BCUT2D eigenvalue weighted by Gasteiger charge is 2.14. The van der Waals surface area contributed by atoms with E-state index in [0.717, 1.165) is 11.3 Å². The molecule has 5 nitrogen and oxygen atoms in total. The van der Waals surface area contributed by atoms with Gasteiger partial charge in [-0.1, -0.05) is 44.2 Å². The quantitative estimate of drug-likeness (QED) is 0.740. The molecule has 0 aromatic heterocycles. The minimum atomic E-state index is -0.313. The lowest BCUT2D eigenvalue weighted by Crippen LogP contribution is -2.36. The van der Waals surface area contributed by atoms with Crippen molar-refractivity contribution in [2.45, 2.75) is 13.8 Å².